The highest BCUT2D eigenvalue weighted by molar-refractivity contribution is 7.80. The summed E-state index contributed by atoms with van der Waals surface area (Å²) in [7, 11) is 0. The summed E-state index contributed by atoms with van der Waals surface area (Å²) in [6, 6.07) is 0. The van der Waals surface area contributed by atoms with Crippen molar-refractivity contribution in [2.24, 2.45) is 17.6 Å². The summed E-state index contributed by atoms with van der Waals surface area (Å²) in [5.74, 6) is 1.03. The summed E-state index contributed by atoms with van der Waals surface area (Å²) in [5.41, 5.74) is 5.64. The monoisotopic (exact) mass is 240 g/mol. The molecule has 0 aromatic carbocycles. The fraction of sp³-hybridized carbons (Fsp3) is 0.833. The van der Waals surface area contributed by atoms with Crippen molar-refractivity contribution in [3.63, 3.8) is 0 Å². The normalized spacial score (nSPS) is 23.6. The molecule has 0 radical (unpaired) electrons. The number of nitrogens with two attached hydrogens (primary N) is 1. The minimum Gasteiger partial charge on any atom is -0.393 e. The molecule has 1 saturated heterocycles. The van der Waals surface area contributed by atoms with E-state index in [1.165, 1.54) is 12.8 Å². The zero-order valence-corrected chi connectivity index (χ0v) is 10.5. The Balaban J connectivity index is 1.84. The summed E-state index contributed by atoms with van der Waals surface area (Å²) < 4.78 is 0. The average molecular weight is 240 g/mol. The quantitative estimate of drug-likeness (QED) is 0.747. The average Bonchev–Trinajstić information content (AvgIpc) is 2.81. The van der Waals surface area contributed by atoms with Gasteiger partial charge in [0.25, 0.3) is 0 Å². The number of hydrogen-bond acceptors (Lipinski definition) is 2. The molecule has 0 aromatic heterocycles. The summed E-state index contributed by atoms with van der Waals surface area (Å²) in [6.07, 6.45) is 6.53. The van der Waals surface area contributed by atoms with Gasteiger partial charge in [-0.25, -0.2) is 0 Å². The fourth-order valence-electron chi connectivity index (χ4n) is 2.82. The lowest BCUT2D eigenvalue weighted by molar-refractivity contribution is -0.136. The molecule has 1 saturated carbocycles. The van der Waals surface area contributed by atoms with Crippen LogP contribution >= 0.6 is 12.2 Å². The van der Waals surface area contributed by atoms with E-state index in [1.54, 1.807) is 0 Å². The van der Waals surface area contributed by atoms with E-state index in [-0.39, 0.29) is 0 Å². The van der Waals surface area contributed by atoms with Gasteiger partial charge in [0.1, 0.15) is 0 Å². The molecule has 1 amide bonds. The van der Waals surface area contributed by atoms with Crippen LogP contribution in [0.25, 0.3) is 0 Å². The van der Waals surface area contributed by atoms with Gasteiger partial charge in [-0.2, -0.15) is 0 Å². The van der Waals surface area contributed by atoms with E-state index in [0.717, 1.165) is 38.8 Å². The van der Waals surface area contributed by atoms with Crippen LogP contribution in [-0.2, 0) is 4.79 Å². The number of likely N-dealkylation sites (tertiary alicyclic amines) is 1. The first-order valence-electron chi connectivity index (χ1n) is 6.26. The molecule has 4 heteroatoms. The van der Waals surface area contributed by atoms with Crippen molar-refractivity contribution in [3.05, 3.63) is 0 Å². The van der Waals surface area contributed by atoms with E-state index >= 15 is 0 Å². The summed E-state index contributed by atoms with van der Waals surface area (Å²) in [5, 5.41) is 0. The maximum absolute atomic E-state index is 12.1. The zero-order valence-electron chi connectivity index (χ0n) is 9.65. The highest BCUT2D eigenvalue weighted by atomic mass is 32.1. The number of nitrogens with zero attached hydrogens (tertiary/aromatic N) is 1. The first-order valence-corrected chi connectivity index (χ1v) is 6.67. The number of amides is 1. The third-order valence-electron chi connectivity index (χ3n) is 3.91. The first kappa shape index (κ1) is 11.8. The Bertz CT molecular complexity index is 279. The molecule has 0 aromatic rings. The minimum absolute atomic E-state index is 0.307. The van der Waals surface area contributed by atoms with Gasteiger partial charge in [-0.05, 0) is 25.7 Å². The lowest BCUT2D eigenvalue weighted by atomic mass is 9.95. The predicted octanol–water partition coefficient (Wildman–Crippen LogP) is 1.70. The molecule has 3 nitrogen and oxygen atoms in total. The van der Waals surface area contributed by atoms with Crippen molar-refractivity contribution in [2.75, 3.05) is 13.1 Å². The van der Waals surface area contributed by atoms with Gasteiger partial charge >= 0.3 is 0 Å². The number of carbonyl (C=O) groups excluding carboxylic acids is 1. The van der Waals surface area contributed by atoms with E-state index < -0.39 is 0 Å². The lowest BCUT2D eigenvalue weighted by Gasteiger charge is -2.33. The van der Waals surface area contributed by atoms with Gasteiger partial charge in [0, 0.05) is 24.9 Å². The second kappa shape index (κ2) is 5.13. The fourth-order valence-corrected chi connectivity index (χ4v) is 3.05. The Morgan fingerprint density at radius 1 is 1.06 bits per heavy atom. The molecule has 0 atom stereocenters. The number of rotatable bonds is 2. The second-order valence-corrected chi connectivity index (χ2v) is 5.45. The third kappa shape index (κ3) is 2.54. The Kier molecular flexibility index (Phi) is 3.79. The van der Waals surface area contributed by atoms with Crippen LogP contribution in [0.5, 0.6) is 0 Å². The zero-order chi connectivity index (χ0) is 11.5. The van der Waals surface area contributed by atoms with E-state index in [1.807, 2.05) is 4.90 Å². The van der Waals surface area contributed by atoms with Crippen LogP contribution in [0.2, 0.25) is 0 Å². The van der Waals surface area contributed by atoms with Crippen LogP contribution in [0, 0.1) is 11.8 Å². The summed E-state index contributed by atoms with van der Waals surface area (Å²) >= 11 is 5.00. The number of hydrogen-bond donors (Lipinski definition) is 1. The van der Waals surface area contributed by atoms with Gasteiger partial charge < -0.3 is 10.6 Å². The molecule has 90 valence electrons. The van der Waals surface area contributed by atoms with Crippen molar-refractivity contribution in [1.82, 2.24) is 4.90 Å². The highest BCUT2D eigenvalue weighted by Gasteiger charge is 2.30. The molecular weight excluding hydrogens is 220 g/mol. The Labute approximate surface area is 102 Å². The van der Waals surface area contributed by atoms with Gasteiger partial charge in [-0.15, -0.1) is 0 Å². The standard InChI is InChI=1S/C12H20N2OS/c13-11(16)9-5-7-14(8-6-9)12(15)10-3-1-2-4-10/h9-10H,1-8H2,(H2,13,16). The van der Waals surface area contributed by atoms with Gasteiger partial charge in [-0.3, -0.25) is 4.79 Å². The number of thiocarbonyl (C=S) groups is 1. The van der Waals surface area contributed by atoms with Crippen molar-refractivity contribution in [2.45, 2.75) is 38.5 Å². The second-order valence-electron chi connectivity index (χ2n) is 4.98. The molecule has 2 fully saturated rings. The molecule has 2 rings (SSSR count). The number of piperidine rings is 1. The Morgan fingerprint density at radius 3 is 2.12 bits per heavy atom. The molecule has 0 unspecified atom stereocenters. The molecule has 1 aliphatic heterocycles. The van der Waals surface area contributed by atoms with Crippen LogP contribution in [0.3, 0.4) is 0 Å². The predicted molar refractivity (Wildman–Crippen MR) is 68.0 cm³/mol. The first-order chi connectivity index (χ1) is 7.68. The van der Waals surface area contributed by atoms with Crippen molar-refractivity contribution in [3.8, 4) is 0 Å². The third-order valence-corrected chi connectivity index (χ3v) is 4.25. The number of carbonyl (C=O) groups is 1. The molecule has 1 aliphatic carbocycles. The largest absolute Gasteiger partial charge is 0.393 e. The van der Waals surface area contributed by atoms with Gasteiger partial charge in [0.2, 0.25) is 5.91 Å². The topological polar surface area (TPSA) is 46.3 Å². The maximum Gasteiger partial charge on any atom is 0.225 e. The minimum atomic E-state index is 0.307. The smallest absolute Gasteiger partial charge is 0.225 e. The SMILES string of the molecule is NC(=S)C1CCN(C(=O)C2CCCC2)CC1. The lowest BCUT2D eigenvalue weighted by Crippen LogP contribution is -2.43. The van der Waals surface area contributed by atoms with E-state index in [9.17, 15) is 4.79 Å². The van der Waals surface area contributed by atoms with Gasteiger partial charge in [0.05, 0.1) is 4.99 Å². The molecule has 16 heavy (non-hydrogen) atoms. The molecule has 1 heterocycles. The van der Waals surface area contributed by atoms with Crippen LogP contribution in [0.4, 0.5) is 0 Å². The van der Waals surface area contributed by atoms with Gasteiger partial charge in [0.15, 0.2) is 0 Å². The maximum atomic E-state index is 12.1. The van der Waals surface area contributed by atoms with Crippen molar-refractivity contribution >= 4 is 23.1 Å². The summed E-state index contributed by atoms with van der Waals surface area (Å²) in [6.45, 7) is 1.69. The highest BCUT2D eigenvalue weighted by Crippen LogP contribution is 2.28. The van der Waals surface area contributed by atoms with Crippen LogP contribution < -0.4 is 5.73 Å². The molecule has 2 aliphatic rings. The summed E-state index contributed by atoms with van der Waals surface area (Å²) in [4.78, 5) is 14.8. The van der Waals surface area contributed by atoms with E-state index in [2.05, 4.69) is 0 Å². The molecular formula is C12H20N2OS. The van der Waals surface area contributed by atoms with Crippen LogP contribution in [0.15, 0.2) is 0 Å². The molecule has 0 spiro atoms. The van der Waals surface area contributed by atoms with Crippen LogP contribution in [-0.4, -0.2) is 28.9 Å². The molecule has 2 N–H and O–H groups in total. The molecule has 0 bridgehead atoms. The van der Waals surface area contributed by atoms with Crippen molar-refractivity contribution < 1.29 is 4.79 Å². The Hall–Kier alpha value is -0.640. The Morgan fingerprint density at radius 2 is 1.62 bits per heavy atom. The van der Waals surface area contributed by atoms with E-state index in [0.29, 0.717) is 22.7 Å². The van der Waals surface area contributed by atoms with Crippen molar-refractivity contribution in [1.29, 1.82) is 0 Å². The van der Waals surface area contributed by atoms with Crippen LogP contribution in [0.1, 0.15) is 38.5 Å². The van der Waals surface area contributed by atoms with E-state index in [4.69, 9.17) is 18.0 Å². The van der Waals surface area contributed by atoms with Gasteiger partial charge in [-0.1, -0.05) is 25.1 Å².